The number of rotatable bonds is 4. The van der Waals surface area contributed by atoms with Gasteiger partial charge in [0.25, 0.3) is 0 Å². The van der Waals surface area contributed by atoms with Crippen LogP contribution in [0, 0.1) is 13.8 Å². The number of aryl methyl sites for hydroxylation is 3. The summed E-state index contributed by atoms with van der Waals surface area (Å²) in [6, 6.07) is 6.63. The van der Waals surface area contributed by atoms with Gasteiger partial charge >= 0.3 is 0 Å². The number of fused-ring (bicyclic) bond motifs is 1. The van der Waals surface area contributed by atoms with E-state index < -0.39 is 0 Å². The Morgan fingerprint density at radius 3 is 2.50 bits per heavy atom. The second-order valence-electron chi connectivity index (χ2n) is 4.87. The Morgan fingerprint density at radius 1 is 1.11 bits per heavy atom. The lowest BCUT2D eigenvalue weighted by atomic mass is 10.0. The van der Waals surface area contributed by atoms with Gasteiger partial charge in [0.15, 0.2) is 0 Å². The number of nitrogens with zero attached hydrogens (tertiary/aromatic N) is 1. The maximum Gasteiger partial charge on any atom is 0.129 e. The second kappa shape index (κ2) is 5.38. The van der Waals surface area contributed by atoms with Gasteiger partial charge in [0.05, 0.1) is 5.52 Å². The highest BCUT2D eigenvalue weighted by Crippen LogP contribution is 2.26. The van der Waals surface area contributed by atoms with Crippen molar-refractivity contribution in [1.29, 1.82) is 0 Å². The van der Waals surface area contributed by atoms with E-state index in [0.29, 0.717) is 0 Å². The van der Waals surface area contributed by atoms with Crippen molar-refractivity contribution in [2.45, 2.75) is 40.5 Å². The summed E-state index contributed by atoms with van der Waals surface area (Å²) in [7, 11) is 0. The molecule has 0 radical (unpaired) electrons. The van der Waals surface area contributed by atoms with Gasteiger partial charge in [0, 0.05) is 11.9 Å². The van der Waals surface area contributed by atoms with Crippen molar-refractivity contribution in [3.05, 3.63) is 34.9 Å². The van der Waals surface area contributed by atoms with E-state index in [4.69, 9.17) is 4.98 Å². The largest absolute Gasteiger partial charge is 0.370 e. The van der Waals surface area contributed by atoms with E-state index in [9.17, 15) is 0 Å². The van der Waals surface area contributed by atoms with Crippen molar-refractivity contribution in [2.24, 2.45) is 0 Å². The number of nitrogens with one attached hydrogen (secondary N) is 1. The molecule has 0 unspecified atom stereocenters. The zero-order valence-corrected chi connectivity index (χ0v) is 11.8. The Kier molecular flexibility index (Phi) is 3.85. The fraction of sp³-hybridized carbons (Fsp3) is 0.438. The van der Waals surface area contributed by atoms with Gasteiger partial charge in [-0.2, -0.15) is 0 Å². The molecule has 96 valence electrons. The van der Waals surface area contributed by atoms with Gasteiger partial charge in [-0.15, -0.1) is 0 Å². The number of benzene rings is 1. The molecule has 0 aliphatic carbocycles. The highest BCUT2D eigenvalue weighted by molar-refractivity contribution is 5.87. The minimum atomic E-state index is 0.983. The molecule has 1 aromatic carbocycles. The highest BCUT2D eigenvalue weighted by atomic mass is 15.0. The van der Waals surface area contributed by atoms with Gasteiger partial charge < -0.3 is 5.32 Å². The molecule has 0 saturated heterocycles. The van der Waals surface area contributed by atoms with E-state index in [2.05, 4.69) is 51.2 Å². The normalized spacial score (nSPS) is 10.9. The smallest absolute Gasteiger partial charge is 0.129 e. The topological polar surface area (TPSA) is 24.9 Å². The lowest BCUT2D eigenvalue weighted by Gasteiger charge is -2.13. The molecule has 2 aromatic rings. The Hall–Kier alpha value is -1.57. The quantitative estimate of drug-likeness (QED) is 0.867. The Bertz CT molecular complexity index is 559. The molecule has 0 spiro atoms. The molecule has 1 N–H and O–H groups in total. The van der Waals surface area contributed by atoms with Crippen molar-refractivity contribution in [1.82, 2.24) is 4.98 Å². The zero-order chi connectivity index (χ0) is 13.1. The molecule has 2 nitrogen and oxygen atoms in total. The Labute approximate surface area is 109 Å². The molecule has 0 saturated carbocycles. The van der Waals surface area contributed by atoms with Crippen molar-refractivity contribution >= 4 is 16.7 Å². The molecule has 0 bridgehead atoms. The van der Waals surface area contributed by atoms with Crippen LogP contribution in [0.4, 0.5) is 5.82 Å². The third-order valence-corrected chi connectivity index (χ3v) is 3.41. The van der Waals surface area contributed by atoms with Gasteiger partial charge in [0.2, 0.25) is 0 Å². The van der Waals surface area contributed by atoms with Crippen LogP contribution < -0.4 is 5.32 Å². The van der Waals surface area contributed by atoms with Crippen molar-refractivity contribution in [2.75, 3.05) is 11.9 Å². The molecule has 0 atom stereocenters. The summed E-state index contributed by atoms with van der Waals surface area (Å²) in [6.07, 6.45) is 2.14. The van der Waals surface area contributed by atoms with E-state index in [-0.39, 0.29) is 0 Å². The van der Waals surface area contributed by atoms with Crippen molar-refractivity contribution in [3.8, 4) is 0 Å². The molecular formula is C16H22N2. The fourth-order valence-electron chi connectivity index (χ4n) is 2.24. The van der Waals surface area contributed by atoms with Crippen LogP contribution in [-0.4, -0.2) is 11.5 Å². The van der Waals surface area contributed by atoms with E-state index in [1.165, 1.54) is 22.1 Å². The first-order valence-corrected chi connectivity index (χ1v) is 6.81. The number of hydrogen-bond acceptors (Lipinski definition) is 2. The average molecular weight is 242 g/mol. The van der Waals surface area contributed by atoms with Crippen LogP contribution in [0.15, 0.2) is 18.2 Å². The summed E-state index contributed by atoms with van der Waals surface area (Å²) in [5, 5.41) is 4.73. The van der Waals surface area contributed by atoms with E-state index >= 15 is 0 Å². The molecule has 1 heterocycles. The van der Waals surface area contributed by atoms with Gasteiger partial charge in [-0.3, -0.25) is 0 Å². The Balaban J connectivity index is 2.61. The summed E-state index contributed by atoms with van der Waals surface area (Å²) in [6.45, 7) is 9.63. The SMILES string of the molecule is CCCNc1nc2c(C)ccc(C)c2cc1CC. The second-order valence-corrected chi connectivity index (χ2v) is 4.87. The van der Waals surface area contributed by atoms with E-state index in [1.807, 2.05) is 0 Å². The van der Waals surface area contributed by atoms with Crippen LogP contribution in [0.2, 0.25) is 0 Å². The van der Waals surface area contributed by atoms with Crippen molar-refractivity contribution < 1.29 is 0 Å². The van der Waals surface area contributed by atoms with E-state index in [0.717, 1.165) is 30.7 Å². The molecular weight excluding hydrogens is 220 g/mol. The van der Waals surface area contributed by atoms with Crippen molar-refractivity contribution in [3.63, 3.8) is 0 Å². The summed E-state index contributed by atoms with van der Waals surface area (Å²) >= 11 is 0. The summed E-state index contributed by atoms with van der Waals surface area (Å²) in [4.78, 5) is 4.83. The van der Waals surface area contributed by atoms with Gasteiger partial charge in [-0.1, -0.05) is 26.0 Å². The van der Waals surface area contributed by atoms with Gasteiger partial charge in [-0.25, -0.2) is 4.98 Å². The zero-order valence-electron chi connectivity index (χ0n) is 11.8. The number of aromatic nitrogens is 1. The molecule has 0 aliphatic rings. The maximum absolute atomic E-state index is 4.83. The van der Waals surface area contributed by atoms with Crippen LogP contribution in [-0.2, 0) is 6.42 Å². The standard InChI is InChI=1S/C16H22N2/c1-5-9-17-16-13(6-2)10-14-11(3)7-8-12(4)15(14)18-16/h7-8,10H,5-6,9H2,1-4H3,(H,17,18). The number of hydrogen-bond donors (Lipinski definition) is 1. The minimum absolute atomic E-state index is 0.983. The number of pyridine rings is 1. The monoisotopic (exact) mass is 242 g/mol. The molecule has 2 rings (SSSR count). The highest BCUT2D eigenvalue weighted by Gasteiger charge is 2.08. The van der Waals surface area contributed by atoms with Crippen LogP contribution in [0.3, 0.4) is 0 Å². The van der Waals surface area contributed by atoms with Crippen LogP contribution in [0.1, 0.15) is 37.0 Å². The predicted octanol–water partition coefficient (Wildman–Crippen LogP) is 4.24. The molecule has 1 aromatic heterocycles. The fourth-order valence-corrected chi connectivity index (χ4v) is 2.24. The molecule has 2 heteroatoms. The van der Waals surface area contributed by atoms with Crippen LogP contribution in [0.25, 0.3) is 10.9 Å². The van der Waals surface area contributed by atoms with Crippen LogP contribution in [0.5, 0.6) is 0 Å². The first-order valence-electron chi connectivity index (χ1n) is 6.81. The lowest BCUT2D eigenvalue weighted by Crippen LogP contribution is -2.06. The first-order chi connectivity index (χ1) is 8.67. The maximum atomic E-state index is 4.83. The Morgan fingerprint density at radius 2 is 1.83 bits per heavy atom. The van der Waals surface area contributed by atoms with Gasteiger partial charge in [-0.05, 0) is 49.4 Å². The third-order valence-electron chi connectivity index (χ3n) is 3.41. The lowest BCUT2D eigenvalue weighted by molar-refractivity contribution is 0.961. The van der Waals surface area contributed by atoms with E-state index in [1.54, 1.807) is 0 Å². The summed E-state index contributed by atoms with van der Waals surface area (Å²) in [5.41, 5.74) is 4.99. The van der Waals surface area contributed by atoms with Crippen LogP contribution >= 0.6 is 0 Å². The average Bonchev–Trinajstić information content (AvgIpc) is 2.40. The summed E-state index contributed by atoms with van der Waals surface area (Å²) in [5.74, 6) is 1.06. The van der Waals surface area contributed by atoms with Gasteiger partial charge in [0.1, 0.15) is 5.82 Å². The molecule has 0 aliphatic heterocycles. The predicted molar refractivity (Wildman–Crippen MR) is 79.4 cm³/mol. The minimum Gasteiger partial charge on any atom is -0.370 e. The molecule has 0 fully saturated rings. The molecule has 18 heavy (non-hydrogen) atoms. The molecule has 0 amide bonds. The summed E-state index contributed by atoms with van der Waals surface area (Å²) < 4.78 is 0. The third kappa shape index (κ3) is 2.33. The first kappa shape index (κ1) is 12.9. The number of anilines is 1.